The molecular weight excluding hydrogens is 526 g/mol. The third-order valence-corrected chi connectivity index (χ3v) is 8.68. The molecule has 1 fully saturated rings. The van der Waals surface area contributed by atoms with Crippen LogP contribution in [0.15, 0.2) is 104 Å². The number of fused-ring (bicyclic) bond motifs is 6. The van der Waals surface area contributed by atoms with Gasteiger partial charge in [0.05, 0.1) is 24.1 Å². The van der Waals surface area contributed by atoms with E-state index in [0.29, 0.717) is 34.7 Å². The van der Waals surface area contributed by atoms with Crippen LogP contribution in [-0.4, -0.2) is 40.0 Å². The number of hydrogen-bond donors (Lipinski definition) is 1. The molecule has 3 aliphatic heterocycles. The molecule has 0 radical (unpaired) electrons. The summed E-state index contributed by atoms with van der Waals surface area (Å²) in [7, 11) is 0. The maximum absolute atomic E-state index is 14.8. The summed E-state index contributed by atoms with van der Waals surface area (Å²) in [5.41, 5.74) is 2.55. The van der Waals surface area contributed by atoms with Gasteiger partial charge in [0.1, 0.15) is 17.2 Å². The number of nitrogens with zero attached hydrogens (tertiary/aromatic N) is 2. The number of hydrogen-bond acceptors (Lipinski definition) is 6. The summed E-state index contributed by atoms with van der Waals surface area (Å²) in [6.07, 6.45) is 7.72. The molecule has 7 nitrogen and oxygen atoms in total. The van der Waals surface area contributed by atoms with Crippen molar-refractivity contribution in [3.05, 3.63) is 131 Å². The molecule has 3 aromatic carbocycles. The van der Waals surface area contributed by atoms with E-state index in [1.54, 1.807) is 36.5 Å². The van der Waals surface area contributed by atoms with E-state index in [-0.39, 0.29) is 17.5 Å². The van der Waals surface area contributed by atoms with Crippen LogP contribution in [0.2, 0.25) is 0 Å². The fraction of sp³-hybridized carbons (Fsp3) is 0.200. The number of aromatic nitrogens is 1. The van der Waals surface area contributed by atoms with Crippen LogP contribution >= 0.6 is 0 Å². The van der Waals surface area contributed by atoms with Crippen molar-refractivity contribution in [3.63, 3.8) is 0 Å². The number of pyridine rings is 1. The molecule has 7 heteroatoms. The van der Waals surface area contributed by atoms with E-state index in [9.17, 15) is 14.4 Å². The number of benzene rings is 3. The quantitative estimate of drug-likeness (QED) is 0.288. The Morgan fingerprint density at radius 3 is 2.57 bits per heavy atom. The van der Waals surface area contributed by atoms with Crippen LogP contribution in [0, 0.1) is 5.92 Å². The Hall–Kier alpha value is -5.04. The molecule has 42 heavy (non-hydrogen) atoms. The molecule has 208 valence electrons. The van der Waals surface area contributed by atoms with Crippen molar-refractivity contribution in [3.8, 4) is 5.75 Å². The molecule has 0 bridgehead atoms. The lowest BCUT2D eigenvalue weighted by molar-refractivity contribution is -0.122. The van der Waals surface area contributed by atoms with E-state index < -0.39 is 23.4 Å². The van der Waals surface area contributed by atoms with Crippen LogP contribution in [0.4, 0.5) is 5.69 Å². The molecule has 7 rings (SSSR count). The topological polar surface area (TPSA) is 88.6 Å². The standard InChI is InChI=1S/C35H29N3O4/c1-2-20-42-28-16-8-5-13-25(28)32(40)30-29(31(39)23-11-9-18-36-21-23)35(26-14-6-7-15-27(26)37-34(35)41)33-24-12-4-3-10-22(24)17-19-38(30)33/h3-19,21,29-30,33H,2,20H2,1H3,(H,37,41)/t29-,30+,33+,35-/m1/s1. The van der Waals surface area contributed by atoms with E-state index >= 15 is 0 Å². The van der Waals surface area contributed by atoms with Gasteiger partial charge < -0.3 is 15.0 Å². The molecule has 0 unspecified atom stereocenters. The Kier molecular flexibility index (Phi) is 6.23. The Morgan fingerprint density at radius 1 is 0.952 bits per heavy atom. The lowest BCUT2D eigenvalue weighted by atomic mass is 9.62. The van der Waals surface area contributed by atoms with Gasteiger partial charge in [-0.2, -0.15) is 0 Å². The van der Waals surface area contributed by atoms with Gasteiger partial charge in [0.15, 0.2) is 11.6 Å². The van der Waals surface area contributed by atoms with Crippen molar-refractivity contribution in [2.75, 3.05) is 11.9 Å². The number of carbonyl (C=O) groups is 3. The predicted octanol–water partition coefficient (Wildman–Crippen LogP) is 5.85. The third-order valence-electron chi connectivity index (χ3n) is 8.68. The second kappa shape index (κ2) is 10.1. The van der Waals surface area contributed by atoms with Gasteiger partial charge in [-0.15, -0.1) is 0 Å². The fourth-order valence-electron chi connectivity index (χ4n) is 7.02. The zero-order valence-electron chi connectivity index (χ0n) is 23.1. The molecule has 1 saturated heterocycles. The SMILES string of the molecule is CCCOc1ccccc1C(=O)[C@@H]1[C@H](C(=O)c2cccnc2)[C@@]2(C(=O)Nc3ccccc32)[C@@H]2c3ccccc3C=CN12. The average Bonchev–Trinajstić information content (AvgIpc) is 3.52. The summed E-state index contributed by atoms with van der Waals surface area (Å²) in [5.74, 6) is -1.46. The molecule has 0 aliphatic carbocycles. The van der Waals surface area contributed by atoms with Crippen LogP contribution in [0.3, 0.4) is 0 Å². The first kappa shape index (κ1) is 25.9. The van der Waals surface area contributed by atoms with Gasteiger partial charge >= 0.3 is 0 Å². The second-order valence-electron chi connectivity index (χ2n) is 10.9. The highest BCUT2D eigenvalue weighted by Crippen LogP contribution is 2.62. The molecular formula is C35H29N3O4. The van der Waals surface area contributed by atoms with Gasteiger partial charge in [0, 0.05) is 29.8 Å². The first-order chi connectivity index (χ1) is 20.6. The van der Waals surface area contributed by atoms with Crippen molar-refractivity contribution in [2.24, 2.45) is 5.92 Å². The van der Waals surface area contributed by atoms with Gasteiger partial charge in [-0.25, -0.2) is 0 Å². The van der Waals surface area contributed by atoms with Crippen molar-refractivity contribution >= 4 is 29.2 Å². The number of nitrogens with one attached hydrogen (secondary N) is 1. The van der Waals surface area contributed by atoms with Crippen LogP contribution in [-0.2, 0) is 10.2 Å². The van der Waals surface area contributed by atoms with E-state index in [2.05, 4.69) is 10.3 Å². The number of anilines is 1. The van der Waals surface area contributed by atoms with Crippen LogP contribution in [0.25, 0.3) is 6.08 Å². The lowest BCUT2D eigenvalue weighted by Gasteiger charge is -2.38. The molecule has 3 aliphatic rings. The van der Waals surface area contributed by atoms with E-state index in [0.717, 1.165) is 17.5 Å². The molecule has 4 atom stereocenters. The van der Waals surface area contributed by atoms with Gasteiger partial charge in [-0.3, -0.25) is 19.4 Å². The van der Waals surface area contributed by atoms with Crippen LogP contribution in [0.5, 0.6) is 5.75 Å². The Labute approximate surface area is 243 Å². The predicted molar refractivity (Wildman–Crippen MR) is 159 cm³/mol. The third kappa shape index (κ3) is 3.66. The van der Waals surface area contributed by atoms with Crippen molar-refractivity contribution in [1.29, 1.82) is 0 Å². The summed E-state index contributed by atoms with van der Waals surface area (Å²) in [5, 5.41) is 3.08. The van der Waals surface area contributed by atoms with Crippen molar-refractivity contribution < 1.29 is 19.1 Å². The maximum atomic E-state index is 14.8. The summed E-state index contributed by atoms with van der Waals surface area (Å²) in [6.45, 7) is 2.46. The number of ether oxygens (including phenoxy) is 1. The number of ketones is 2. The number of carbonyl (C=O) groups excluding carboxylic acids is 3. The van der Waals surface area contributed by atoms with Gasteiger partial charge in [-0.05, 0) is 59.5 Å². The highest BCUT2D eigenvalue weighted by molar-refractivity contribution is 6.17. The molecule has 4 heterocycles. The highest BCUT2D eigenvalue weighted by atomic mass is 16.5. The Bertz CT molecular complexity index is 1750. The fourth-order valence-corrected chi connectivity index (χ4v) is 7.02. The number of amides is 1. The minimum Gasteiger partial charge on any atom is -0.493 e. The zero-order chi connectivity index (χ0) is 28.8. The number of Topliss-reactive ketones (excluding diaryl/α,β-unsaturated/α-hetero) is 2. The number of rotatable bonds is 7. The summed E-state index contributed by atoms with van der Waals surface area (Å²) < 4.78 is 6.00. The Balaban J connectivity index is 1.52. The van der Waals surface area contributed by atoms with Gasteiger partial charge in [0.25, 0.3) is 0 Å². The highest BCUT2D eigenvalue weighted by Gasteiger charge is 2.70. The molecule has 1 spiro atoms. The summed E-state index contributed by atoms with van der Waals surface area (Å²) in [6, 6.07) is 24.3. The first-order valence-electron chi connectivity index (χ1n) is 14.2. The second-order valence-corrected chi connectivity index (χ2v) is 10.9. The van der Waals surface area contributed by atoms with Crippen LogP contribution in [0.1, 0.15) is 56.8 Å². The average molecular weight is 556 g/mol. The van der Waals surface area contributed by atoms with Gasteiger partial charge in [-0.1, -0.05) is 61.5 Å². The minimum atomic E-state index is -1.38. The van der Waals surface area contributed by atoms with E-state index in [4.69, 9.17) is 4.74 Å². The van der Waals surface area contributed by atoms with Gasteiger partial charge in [0.2, 0.25) is 5.91 Å². The zero-order valence-corrected chi connectivity index (χ0v) is 23.1. The molecule has 1 amide bonds. The van der Waals surface area contributed by atoms with Crippen molar-refractivity contribution in [1.82, 2.24) is 9.88 Å². The maximum Gasteiger partial charge on any atom is 0.238 e. The van der Waals surface area contributed by atoms with Crippen molar-refractivity contribution in [2.45, 2.75) is 30.8 Å². The molecule has 1 N–H and O–H groups in total. The molecule has 4 aromatic rings. The largest absolute Gasteiger partial charge is 0.493 e. The van der Waals surface area contributed by atoms with Crippen LogP contribution < -0.4 is 10.1 Å². The first-order valence-corrected chi connectivity index (χ1v) is 14.2. The summed E-state index contributed by atoms with van der Waals surface area (Å²) >= 11 is 0. The monoisotopic (exact) mass is 555 g/mol. The van der Waals surface area contributed by atoms with E-state index in [1.807, 2.05) is 78.7 Å². The number of para-hydroxylation sites is 2. The normalized spacial score (nSPS) is 23.2. The molecule has 1 aromatic heterocycles. The summed E-state index contributed by atoms with van der Waals surface area (Å²) in [4.78, 5) is 50.3. The minimum absolute atomic E-state index is 0.271. The smallest absolute Gasteiger partial charge is 0.238 e. The lowest BCUT2D eigenvalue weighted by Crippen LogP contribution is -2.49. The molecule has 0 saturated carbocycles. The van der Waals surface area contributed by atoms with E-state index in [1.165, 1.54) is 6.20 Å². The Morgan fingerprint density at radius 2 is 1.74 bits per heavy atom.